The second-order valence-electron chi connectivity index (χ2n) is 4.00. The molecule has 1 aromatic rings. The Bertz CT molecular complexity index is 399. The Labute approximate surface area is 89.7 Å². The molecule has 0 saturated carbocycles. The first-order chi connectivity index (χ1) is 6.95. The van der Waals surface area contributed by atoms with Crippen molar-refractivity contribution in [3.63, 3.8) is 0 Å². The van der Waals surface area contributed by atoms with Crippen LogP contribution in [0.5, 0.6) is 0 Å². The third-order valence-electron chi connectivity index (χ3n) is 2.21. The van der Waals surface area contributed by atoms with Crippen molar-refractivity contribution < 1.29 is 4.79 Å². The highest BCUT2D eigenvalue weighted by atomic mass is 16.1. The summed E-state index contributed by atoms with van der Waals surface area (Å²) in [7, 11) is 0. The van der Waals surface area contributed by atoms with Crippen LogP contribution in [0.2, 0.25) is 0 Å². The van der Waals surface area contributed by atoms with Gasteiger partial charge in [0.25, 0.3) is 0 Å². The smallest absolute Gasteiger partial charge is 0.221 e. The van der Waals surface area contributed by atoms with Gasteiger partial charge in [-0.15, -0.1) is 0 Å². The van der Waals surface area contributed by atoms with Crippen LogP contribution < -0.4 is 5.32 Å². The number of amides is 1. The number of anilines is 1. The van der Waals surface area contributed by atoms with Crippen molar-refractivity contribution >= 4 is 11.6 Å². The summed E-state index contributed by atoms with van der Waals surface area (Å²) < 4.78 is 0. The Morgan fingerprint density at radius 1 is 1.33 bits per heavy atom. The van der Waals surface area contributed by atoms with Crippen LogP contribution in [0.3, 0.4) is 0 Å². The van der Waals surface area contributed by atoms with Gasteiger partial charge in [-0.25, -0.2) is 0 Å². The molecule has 1 N–H and O–H groups in total. The first kappa shape index (κ1) is 11.3. The molecule has 0 atom stereocenters. The van der Waals surface area contributed by atoms with Crippen LogP contribution in [0.1, 0.15) is 26.3 Å². The van der Waals surface area contributed by atoms with Crippen molar-refractivity contribution in [3.8, 4) is 6.07 Å². The molecule has 3 heteroatoms. The minimum absolute atomic E-state index is 0.0951. The number of hydrogen-bond acceptors (Lipinski definition) is 2. The summed E-state index contributed by atoms with van der Waals surface area (Å²) in [5.41, 5.74) is 1.20. The minimum Gasteiger partial charge on any atom is -0.326 e. The molecule has 0 aliphatic heterocycles. The van der Waals surface area contributed by atoms with E-state index < -0.39 is 5.41 Å². The fourth-order valence-electron chi connectivity index (χ4n) is 1.24. The van der Waals surface area contributed by atoms with Crippen LogP contribution in [0, 0.1) is 11.3 Å². The number of hydrogen-bond donors (Lipinski definition) is 1. The zero-order chi connectivity index (χ0) is 11.5. The maximum Gasteiger partial charge on any atom is 0.221 e. The predicted octanol–water partition coefficient (Wildman–Crippen LogP) is 2.45. The molecule has 0 heterocycles. The summed E-state index contributed by atoms with van der Waals surface area (Å²) >= 11 is 0. The van der Waals surface area contributed by atoms with Crippen LogP contribution in [-0.2, 0) is 10.2 Å². The molecular weight excluding hydrogens is 188 g/mol. The molecule has 0 saturated heterocycles. The van der Waals surface area contributed by atoms with E-state index in [4.69, 9.17) is 5.26 Å². The third-order valence-corrected chi connectivity index (χ3v) is 2.21. The zero-order valence-electron chi connectivity index (χ0n) is 9.16. The van der Waals surface area contributed by atoms with E-state index >= 15 is 0 Å². The lowest BCUT2D eigenvalue weighted by molar-refractivity contribution is -0.114. The van der Waals surface area contributed by atoms with E-state index in [-0.39, 0.29) is 5.91 Å². The molecule has 1 amide bonds. The van der Waals surface area contributed by atoms with Crippen LogP contribution in [-0.4, -0.2) is 5.91 Å². The highest BCUT2D eigenvalue weighted by Gasteiger charge is 2.18. The van der Waals surface area contributed by atoms with Gasteiger partial charge in [0.2, 0.25) is 5.91 Å². The molecule has 3 nitrogen and oxygen atoms in total. The maximum atomic E-state index is 10.8. The van der Waals surface area contributed by atoms with Crippen LogP contribution in [0.15, 0.2) is 24.3 Å². The van der Waals surface area contributed by atoms with Gasteiger partial charge in [0, 0.05) is 12.6 Å². The molecule has 0 fully saturated rings. The topological polar surface area (TPSA) is 52.9 Å². The Morgan fingerprint density at radius 2 is 1.87 bits per heavy atom. The third kappa shape index (κ3) is 2.81. The average molecular weight is 202 g/mol. The van der Waals surface area contributed by atoms with Gasteiger partial charge in [-0.1, -0.05) is 12.1 Å². The number of rotatable bonds is 2. The van der Waals surface area contributed by atoms with Gasteiger partial charge in [0.1, 0.15) is 0 Å². The summed E-state index contributed by atoms with van der Waals surface area (Å²) in [4.78, 5) is 10.8. The molecule has 0 spiro atoms. The molecule has 0 aliphatic rings. The molecule has 0 bridgehead atoms. The Kier molecular flexibility index (Phi) is 3.11. The van der Waals surface area contributed by atoms with E-state index in [2.05, 4.69) is 11.4 Å². The van der Waals surface area contributed by atoms with Gasteiger partial charge in [-0.3, -0.25) is 4.79 Å². The van der Waals surface area contributed by atoms with E-state index in [0.29, 0.717) is 0 Å². The molecule has 0 aliphatic carbocycles. The number of nitrogens with zero attached hydrogens (tertiary/aromatic N) is 1. The van der Waals surface area contributed by atoms with Gasteiger partial charge >= 0.3 is 0 Å². The molecule has 0 radical (unpaired) electrons. The largest absolute Gasteiger partial charge is 0.326 e. The van der Waals surface area contributed by atoms with Gasteiger partial charge < -0.3 is 5.32 Å². The van der Waals surface area contributed by atoms with E-state index in [9.17, 15) is 4.79 Å². The lowest BCUT2D eigenvalue weighted by atomic mass is 9.86. The van der Waals surface area contributed by atoms with Crippen molar-refractivity contribution in [1.29, 1.82) is 5.26 Å². The standard InChI is InChI=1S/C12H14N2O/c1-9(15)14-11-6-4-10(5-7-11)12(2,3)8-13/h4-7H,1-3H3,(H,14,15). The average Bonchev–Trinajstić information content (AvgIpc) is 2.18. The highest BCUT2D eigenvalue weighted by Crippen LogP contribution is 2.23. The van der Waals surface area contributed by atoms with Gasteiger partial charge in [-0.2, -0.15) is 5.26 Å². The molecular formula is C12H14N2O. The number of carbonyl (C=O) groups is 1. The number of nitriles is 1. The summed E-state index contributed by atoms with van der Waals surface area (Å²) in [5, 5.41) is 11.6. The summed E-state index contributed by atoms with van der Waals surface area (Å²) in [6.45, 7) is 5.19. The first-order valence-corrected chi connectivity index (χ1v) is 4.75. The van der Waals surface area contributed by atoms with Crippen molar-refractivity contribution in [2.24, 2.45) is 0 Å². The predicted molar refractivity (Wildman–Crippen MR) is 59.4 cm³/mol. The van der Waals surface area contributed by atoms with Gasteiger partial charge in [-0.05, 0) is 31.5 Å². The first-order valence-electron chi connectivity index (χ1n) is 4.75. The molecule has 0 aromatic heterocycles. The Hall–Kier alpha value is -1.82. The van der Waals surface area contributed by atoms with E-state index in [0.717, 1.165) is 11.3 Å². The van der Waals surface area contributed by atoms with Crippen molar-refractivity contribution in [2.75, 3.05) is 5.32 Å². The van der Waals surface area contributed by atoms with E-state index in [1.165, 1.54) is 6.92 Å². The quantitative estimate of drug-likeness (QED) is 0.800. The van der Waals surface area contributed by atoms with Crippen LogP contribution >= 0.6 is 0 Å². The molecule has 1 rings (SSSR count). The lowest BCUT2D eigenvalue weighted by Crippen LogP contribution is -2.14. The molecule has 0 unspecified atom stereocenters. The molecule has 15 heavy (non-hydrogen) atoms. The van der Waals surface area contributed by atoms with Crippen molar-refractivity contribution in [1.82, 2.24) is 0 Å². The number of benzene rings is 1. The van der Waals surface area contributed by atoms with E-state index in [1.807, 2.05) is 26.0 Å². The monoisotopic (exact) mass is 202 g/mol. The van der Waals surface area contributed by atoms with Gasteiger partial charge in [0.05, 0.1) is 11.5 Å². The fourth-order valence-corrected chi connectivity index (χ4v) is 1.24. The number of carbonyl (C=O) groups excluding carboxylic acids is 1. The van der Waals surface area contributed by atoms with Crippen LogP contribution in [0.25, 0.3) is 0 Å². The molecule has 1 aromatic carbocycles. The maximum absolute atomic E-state index is 10.8. The second-order valence-corrected chi connectivity index (χ2v) is 4.00. The summed E-state index contributed by atoms with van der Waals surface area (Å²) in [5.74, 6) is -0.0951. The van der Waals surface area contributed by atoms with Crippen molar-refractivity contribution in [2.45, 2.75) is 26.2 Å². The minimum atomic E-state index is -0.491. The van der Waals surface area contributed by atoms with E-state index in [1.54, 1.807) is 12.1 Å². The number of nitrogens with one attached hydrogen (secondary N) is 1. The highest BCUT2D eigenvalue weighted by molar-refractivity contribution is 5.88. The summed E-state index contributed by atoms with van der Waals surface area (Å²) in [6, 6.07) is 9.54. The zero-order valence-corrected chi connectivity index (χ0v) is 9.16. The Balaban J connectivity index is 2.91. The summed E-state index contributed by atoms with van der Waals surface area (Å²) in [6.07, 6.45) is 0. The van der Waals surface area contributed by atoms with Gasteiger partial charge in [0.15, 0.2) is 0 Å². The second kappa shape index (κ2) is 4.14. The Morgan fingerprint density at radius 3 is 2.27 bits per heavy atom. The fraction of sp³-hybridized carbons (Fsp3) is 0.333. The molecule has 78 valence electrons. The SMILES string of the molecule is CC(=O)Nc1ccc(C(C)(C)C#N)cc1. The van der Waals surface area contributed by atoms with Crippen molar-refractivity contribution in [3.05, 3.63) is 29.8 Å². The lowest BCUT2D eigenvalue weighted by Gasteiger charge is -2.15. The normalized spacial score (nSPS) is 10.5. The van der Waals surface area contributed by atoms with Crippen LogP contribution in [0.4, 0.5) is 5.69 Å².